The summed E-state index contributed by atoms with van der Waals surface area (Å²) in [7, 11) is 0. The van der Waals surface area contributed by atoms with Crippen molar-refractivity contribution >= 4 is 11.9 Å². The molecule has 0 radical (unpaired) electrons. The standard InChI is InChI=1S/C16H26N4O/c1-12(2)9-17-15(21)13-10-18-16(19-11-13)20-14-7-5-3-4-6-8-14/h10-12,14H,3-9H2,1-2H3,(H,17,21)(H,18,19,20). The molecule has 1 aliphatic rings. The number of hydrogen-bond donors (Lipinski definition) is 2. The van der Waals surface area contributed by atoms with E-state index in [1.165, 1.54) is 38.5 Å². The number of amides is 1. The largest absolute Gasteiger partial charge is 0.352 e. The van der Waals surface area contributed by atoms with Crippen LogP contribution in [0.4, 0.5) is 5.95 Å². The van der Waals surface area contributed by atoms with Crippen molar-refractivity contribution < 1.29 is 4.79 Å². The molecule has 1 aromatic heterocycles. The molecule has 1 aromatic rings. The van der Waals surface area contributed by atoms with Crippen LogP contribution in [0.3, 0.4) is 0 Å². The van der Waals surface area contributed by atoms with Crippen molar-refractivity contribution in [3.63, 3.8) is 0 Å². The quantitative estimate of drug-likeness (QED) is 0.818. The summed E-state index contributed by atoms with van der Waals surface area (Å²) in [5.74, 6) is 0.957. The summed E-state index contributed by atoms with van der Waals surface area (Å²) in [5.41, 5.74) is 0.516. The molecule has 2 rings (SSSR count). The Morgan fingerprint density at radius 3 is 2.38 bits per heavy atom. The number of aromatic nitrogens is 2. The summed E-state index contributed by atoms with van der Waals surface area (Å²) in [5, 5.41) is 6.25. The molecule has 116 valence electrons. The number of nitrogens with zero attached hydrogens (tertiary/aromatic N) is 2. The van der Waals surface area contributed by atoms with Gasteiger partial charge in [-0.25, -0.2) is 9.97 Å². The Balaban J connectivity index is 1.87. The highest BCUT2D eigenvalue weighted by atomic mass is 16.1. The van der Waals surface area contributed by atoms with Gasteiger partial charge in [0.15, 0.2) is 0 Å². The third-order valence-electron chi connectivity index (χ3n) is 3.77. The van der Waals surface area contributed by atoms with Gasteiger partial charge in [0.2, 0.25) is 5.95 Å². The van der Waals surface area contributed by atoms with Gasteiger partial charge in [-0.15, -0.1) is 0 Å². The molecule has 1 saturated carbocycles. The Hall–Kier alpha value is -1.65. The summed E-state index contributed by atoms with van der Waals surface area (Å²) in [6.07, 6.45) is 10.8. The second-order valence-corrected chi connectivity index (χ2v) is 6.23. The lowest BCUT2D eigenvalue weighted by Gasteiger charge is -2.16. The summed E-state index contributed by atoms with van der Waals surface area (Å²) in [4.78, 5) is 20.4. The van der Waals surface area contributed by atoms with E-state index in [2.05, 4.69) is 34.4 Å². The molecular formula is C16H26N4O. The number of carbonyl (C=O) groups excluding carboxylic acids is 1. The molecule has 0 atom stereocenters. The van der Waals surface area contributed by atoms with Crippen LogP contribution in [-0.4, -0.2) is 28.5 Å². The molecule has 0 bridgehead atoms. The molecule has 1 amide bonds. The van der Waals surface area contributed by atoms with E-state index < -0.39 is 0 Å². The Morgan fingerprint density at radius 2 is 1.81 bits per heavy atom. The number of carbonyl (C=O) groups is 1. The van der Waals surface area contributed by atoms with E-state index in [9.17, 15) is 4.79 Å². The highest BCUT2D eigenvalue weighted by Crippen LogP contribution is 2.19. The molecular weight excluding hydrogens is 264 g/mol. The van der Waals surface area contributed by atoms with Gasteiger partial charge in [0.05, 0.1) is 5.56 Å². The van der Waals surface area contributed by atoms with Crippen LogP contribution in [0.5, 0.6) is 0 Å². The SMILES string of the molecule is CC(C)CNC(=O)c1cnc(NC2CCCCCC2)nc1. The lowest BCUT2D eigenvalue weighted by molar-refractivity contribution is 0.0948. The Bertz CT molecular complexity index is 436. The van der Waals surface area contributed by atoms with Crippen LogP contribution in [-0.2, 0) is 0 Å². The lowest BCUT2D eigenvalue weighted by Crippen LogP contribution is -2.27. The third kappa shape index (κ3) is 5.33. The van der Waals surface area contributed by atoms with E-state index in [1.54, 1.807) is 12.4 Å². The molecule has 0 spiro atoms. The van der Waals surface area contributed by atoms with Crippen molar-refractivity contribution in [3.8, 4) is 0 Å². The number of anilines is 1. The van der Waals surface area contributed by atoms with Crippen molar-refractivity contribution in [3.05, 3.63) is 18.0 Å². The zero-order chi connectivity index (χ0) is 15.1. The minimum atomic E-state index is -0.107. The zero-order valence-corrected chi connectivity index (χ0v) is 13.1. The van der Waals surface area contributed by atoms with Crippen LogP contribution >= 0.6 is 0 Å². The van der Waals surface area contributed by atoms with Gasteiger partial charge >= 0.3 is 0 Å². The fourth-order valence-corrected chi connectivity index (χ4v) is 2.52. The maximum Gasteiger partial charge on any atom is 0.254 e. The monoisotopic (exact) mass is 290 g/mol. The topological polar surface area (TPSA) is 66.9 Å². The van der Waals surface area contributed by atoms with Crippen LogP contribution < -0.4 is 10.6 Å². The molecule has 1 aliphatic carbocycles. The lowest BCUT2D eigenvalue weighted by atomic mass is 10.1. The molecule has 5 nitrogen and oxygen atoms in total. The maximum absolute atomic E-state index is 11.9. The van der Waals surface area contributed by atoms with Crippen molar-refractivity contribution in [1.29, 1.82) is 0 Å². The Morgan fingerprint density at radius 1 is 1.19 bits per heavy atom. The summed E-state index contributed by atoms with van der Waals surface area (Å²) < 4.78 is 0. The minimum absolute atomic E-state index is 0.107. The van der Waals surface area contributed by atoms with E-state index in [-0.39, 0.29) is 5.91 Å². The fraction of sp³-hybridized carbons (Fsp3) is 0.688. The predicted molar refractivity (Wildman–Crippen MR) is 84.3 cm³/mol. The van der Waals surface area contributed by atoms with Crippen molar-refractivity contribution in [2.45, 2.75) is 58.4 Å². The zero-order valence-electron chi connectivity index (χ0n) is 13.1. The maximum atomic E-state index is 11.9. The van der Waals surface area contributed by atoms with Crippen LogP contribution in [0.1, 0.15) is 62.7 Å². The van der Waals surface area contributed by atoms with Crippen molar-refractivity contribution in [2.24, 2.45) is 5.92 Å². The average Bonchev–Trinajstić information content (AvgIpc) is 2.74. The molecule has 5 heteroatoms. The van der Waals surface area contributed by atoms with Crippen molar-refractivity contribution in [2.75, 3.05) is 11.9 Å². The second kappa shape index (κ2) is 7.96. The molecule has 1 heterocycles. The van der Waals surface area contributed by atoms with E-state index in [1.807, 2.05) is 0 Å². The van der Waals surface area contributed by atoms with Gasteiger partial charge in [0, 0.05) is 25.0 Å². The van der Waals surface area contributed by atoms with Gasteiger partial charge in [0.25, 0.3) is 5.91 Å². The Kier molecular flexibility index (Phi) is 5.96. The van der Waals surface area contributed by atoms with Crippen molar-refractivity contribution in [1.82, 2.24) is 15.3 Å². The van der Waals surface area contributed by atoms with Crippen LogP contribution in [0, 0.1) is 5.92 Å². The highest BCUT2D eigenvalue weighted by molar-refractivity contribution is 5.93. The van der Waals surface area contributed by atoms with E-state index >= 15 is 0 Å². The molecule has 0 aliphatic heterocycles. The molecule has 0 unspecified atom stereocenters. The number of hydrogen-bond acceptors (Lipinski definition) is 4. The smallest absolute Gasteiger partial charge is 0.254 e. The first-order valence-corrected chi connectivity index (χ1v) is 8.02. The van der Waals surface area contributed by atoms with Gasteiger partial charge in [-0.3, -0.25) is 4.79 Å². The van der Waals surface area contributed by atoms with Crippen LogP contribution in [0.25, 0.3) is 0 Å². The molecule has 2 N–H and O–H groups in total. The van der Waals surface area contributed by atoms with Gasteiger partial charge < -0.3 is 10.6 Å². The van der Waals surface area contributed by atoms with Gasteiger partial charge in [-0.1, -0.05) is 39.5 Å². The van der Waals surface area contributed by atoms with Crippen LogP contribution in [0.15, 0.2) is 12.4 Å². The number of nitrogens with one attached hydrogen (secondary N) is 2. The van der Waals surface area contributed by atoms with E-state index in [0.29, 0.717) is 30.0 Å². The van der Waals surface area contributed by atoms with Gasteiger partial charge in [0.1, 0.15) is 0 Å². The summed E-state index contributed by atoms with van der Waals surface area (Å²) >= 11 is 0. The molecule has 0 saturated heterocycles. The normalized spacial score (nSPS) is 16.5. The first-order chi connectivity index (χ1) is 10.1. The van der Waals surface area contributed by atoms with E-state index in [4.69, 9.17) is 0 Å². The molecule has 21 heavy (non-hydrogen) atoms. The first kappa shape index (κ1) is 15.7. The third-order valence-corrected chi connectivity index (χ3v) is 3.77. The summed E-state index contributed by atoms with van der Waals surface area (Å²) in [6, 6.07) is 0.466. The van der Waals surface area contributed by atoms with Crippen LogP contribution in [0.2, 0.25) is 0 Å². The highest BCUT2D eigenvalue weighted by Gasteiger charge is 2.13. The summed E-state index contributed by atoms with van der Waals surface area (Å²) in [6.45, 7) is 4.80. The predicted octanol–water partition coefficient (Wildman–Crippen LogP) is 3.00. The number of rotatable bonds is 5. The van der Waals surface area contributed by atoms with Gasteiger partial charge in [-0.05, 0) is 18.8 Å². The molecule has 1 fully saturated rings. The van der Waals surface area contributed by atoms with Gasteiger partial charge in [-0.2, -0.15) is 0 Å². The van der Waals surface area contributed by atoms with E-state index in [0.717, 1.165) is 0 Å². The minimum Gasteiger partial charge on any atom is -0.352 e. The second-order valence-electron chi connectivity index (χ2n) is 6.23. The molecule has 0 aromatic carbocycles. The average molecular weight is 290 g/mol. The fourth-order valence-electron chi connectivity index (χ4n) is 2.52. The Labute approximate surface area is 127 Å². The first-order valence-electron chi connectivity index (χ1n) is 8.02.